The summed E-state index contributed by atoms with van der Waals surface area (Å²) in [5.41, 5.74) is -2.50. The predicted octanol–water partition coefficient (Wildman–Crippen LogP) is 3.99. The van der Waals surface area contributed by atoms with E-state index in [1.165, 1.54) is 24.3 Å². The van der Waals surface area contributed by atoms with Crippen LogP contribution in [-0.2, 0) is 15.1 Å². The van der Waals surface area contributed by atoms with Crippen molar-refractivity contribution in [3.05, 3.63) is 35.9 Å². The Bertz CT molecular complexity index is 470. The lowest BCUT2D eigenvalue weighted by molar-refractivity contribution is -0.306. The highest BCUT2D eigenvalue weighted by molar-refractivity contribution is 5.81. The predicted molar refractivity (Wildman–Crippen MR) is 68.2 cm³/mol. The summed E-state index contributed by atoms with van der Waals surface area (Å²) in [4.78, 5) is 11.8. The number of halogens is 3. The molecular weight excluding hydrogens is 269 g/mol. The molecule has 1 aliphatic heterocycles. The van der Waals surface area contributed by atoms with Crippen molar-refractivity contribution in [3.8, 4) is 0 Å². The minimum absolute atomic E-state index is 0.00153. The summed E-state index contributed by atoms with van der Waals surface area (Å²) in [5, 5.41) is 0. The first-order chi connectivity index (χ1) is 9.39. The average molecular weight is 286 g/mol. The molecule has 5 heteroatoms. The Morgan fingerprint density at radius 1 is 1.30 bits per heavy atom. The number of Topliss-reactive ketones (excluding diaryl/α,β-unsaturated/α-hetero) is 1. The molecule has 2 rings (SSSR count). The highest BCUT2D eigenvalue weighted by atomic mass is 19.4. The lowest BCUT2D eigenvalue weighted by Crippen LogP contribution is -2.52. The molecule has 1 heterocycles. The maximum absolute atomic E-state index is 13.6. The average Bonchev–Trinajstić information content (AvgIpc) is 2.38. The Hall–Kier alpha value is -1.36. The van der Waals surface area contributed by atoms with Crippen molar-refractivity contribution in [2.75, 3.05) is 0 Å². The van der Waals surface area contributed by atoms with Crippen molar-refractivity contribution in [2.45, 2.75) is 50.5 Å². The van der Waals surface area contributed by atoms with Gasteiger partial charge in [0.05, 0.1) is 6.10 Å². The van der Waals surface area contributed by atoms with E-state index in [0.717, 1.165) is 0 Å². The van der Waals surface area contributed by atoms with Crippen molar-refractivity contribution in [1.29, 1.82) is 0 Å². The van der Waals surface area contributed by atoms with E-state index in [-0.39, 0.29) is 12.0 Å². The number of carbonyl (C=O) groups excluding carboxylic acids is 1. The second-order valence-electron chi connectivity index (χ2n) is 5.14. The van der Waals surface area contributed by atoms with Crippen LogP contribution in [0.4, 0.5) is 13.2 Å². The van der Waals surface area contributed by atoms with Gasteiger partial charge in [0.2, 0.25) is 0 Å². The lowest BCUT2D eigenvalue weighted by Gasteiger charge is -2.42. The number of rotatable bonds is 3. The molecule has 1 aromatic rings. The lowest BCUT2D eigenvalue weighted by atomic mass is 9.83. The Labute approximate surface area is 115 Å². The third-order valence-corrected chi connectivity index (χ3v) is 3.58. The number of alkyl halides is 3. The normalized spacial score (nSPS) is 27.6. The van der Waals surface area contributed by atoms with E-state index in [9.17, 15) is 18.0 Å². The SMILES string of the molecule is CCC[C@@H]1CC(=O)C[C@@](c2ccccc2)(C(F)(F)F)O1. The monoisotopic (exact) mass is 286 g/mol. The third kappa shape index (κ3) is 2.73. The zero-order valence-corrected chi connectivity index (χ0v) is 11.2. The van der Waals surface area contributed by atoms with Crippen LogP contribution in [-0.4, -0.2) is 18.1 Å². The third-order valence-electron chi connectivity index (χ3n) is 3.58. The molecule has 2 atom stereocenters. The second kappa shape index (κ2) is 5.56. The van der Waals surface area contributed by atoms with E-state index < -0.39 is 30.1 Å². The summed E-state index contributed by atoms with van der Waals surface area (Å²) < 4.78 is 46.2. The first kappa shape index (κ1) is 15.0. The van der Waals surface area contributed by atoms with Crippen molar-refractivity contribution in [3.63, 3.8) is 0 Å². The van der Waals surface area contributed by atoms with Gasteiger partial charge in [-0.05, 0) is 12.0 Å². The molecule has 0 aromatic heterocycles. The maximum atomic E-state index is 13.6. The van der Waals surface area contributed by atoms with Crippen molar-refractivity contribution < 1.29 is 22.7 Å². The van der Waals surface area contributed by atoms with E-state index in [0.29, 0.717) is 12.8 Å². The molecule has 0 saturated carbocycles. The van der Waals surface area contributed by atoms with Gasteiger partial charge in [-0.15, -0.1) is 0 Å². The minimum atomic E-state index is -4.61. The van der Waals surface area contributed by atoms with Crippen molar-refractivity contribution in [1.82, 2.24) is 0 Å². The van der Waals surface area contributed by atoms with Gasteiger partial charge in [-0.3, -0.25) is 4.79 Å². The molecule has 0 bridgehead atoms. The molecule has 0 aliphatic carbocycles. The number of carbonyl (C=O) groups is 1. The van der Waals surface area contributed by atoms with E-state index >= 15 is 0 Å². The Kier molecular flexibility index (Phi) is 4.18. The van der Waals surface area contributed by atoms with Gasteiger partial charge in [0.25, 0.3) is 0 Å². The first-order valence-electron chi connectivity index (χ1n) is 6.71. The van der Waals surface area contributed by atoms with E-state index in [2.05, 4.69) is 0 Å². The van der Waals surface area contributed by atoms with Crippen LogP contribution in [0, 0.1) is 0 Å². The maximum Gasteiger partial charge on any atom is 0.422 e. The smallest absolute Gasteiger partial charge is 0.357 e. The van der Waals surface area contributed by atoms with Gasteiger partial charge < -0.3 is 4.74 Å². The molecule has 0 unspecified atom stereocenters. The standard InChI is InChI=1S/C15H17F3O2/c1-2-6-13-9-12(19)10-14(20-13,15(16,17)18)11-7-4-3-5-8-11/h3-5,7-8,13H,2,6,9-10H2,1H3/t13-,14-/m1/s1. The Balaban J connectivity index is 2.45. The molecule has 1 aliphatic rings. The van der Waals surface area contributed by atoms with Gasteiger partial charge in [-0.1, -0.05) is 43.7 Å². The van der Waals surface area contributed by atoms with Gasteiger partial charge in [0.15, 0.2) is 5.60 Å². The minimum Gasteiger partial charge on any atom is -0.357 e. The molecule has 0 radical (unpaired) electrons. The fourth-order valence-corrected chi connectivity index (χ4v) is 2.66. The second-order valence-corrected chi connectivity index (χ2v) is 5.14. The molecule has 20 heavy (non-hydrogen) atoms. The molecule has 2 nitrogen and oxygen atoms in total. The summed E-state index contributed by atoms with van der Waals surface area (Å²) in [6.45, 7) is 1.86. The van der Waals surface area contributed by atoms with Crippen LogP contribution in [0.25, 0.3) is 0 Å². The quantitative estimate of drug-likeness (QED) is 0.839. The molecule has 110 valence electrons. The van der Waals surface area contributed by atoms with E-state index in [4.69, 9.17) is 4.74 Å². The van der Waals surface area contributed by atoms with Crippen LogP contribution in [0.3, 0.4) is 0 Å². The van der Waals surface area contributed by atoms with Gasteiger partial charge in [-0.2, -0.15) is 13.2 Å². The summed E-state index contributed by atoms with van der Waals surface area (Å²) in [6, 6.07) is 7.44. The van der Waals surface area contributed by atoms with Gasteiger partial charge in [0, 0.05) is 12.8 Å². The summed E-state index contributed by atoms with van der Waals surface area (Å²) in [5.74, 6) is -0.393. The van der Waals surface area contributed by atoms with Crippen LogP contribution in [0.5, 0.6) is 0 Å². The summed E-state index contributed by atoms with van der Waals surface area (Å²) in [7, 11) is 0. The number of benzene rings is 1. The van der Waals surface area contributed by atoms with Crippen molar-refractivity contribution >= 4 is 5.78 Å². The number of ether oxygens (including phenoxy) is 1. The molecule has 0 spiro atoms. The fraction of sp³-hybridized carbons (Fsp3) is 0.533. The largest absolute Gasteiger partial charge is 0.422 e. The van der Waals surface area contributed by atoms with Crippen LogP contribution in [0.15, 0.2) is 30.3 Å². The van der Waals surface area contributed by atoms with Crippen LogP contribution in [0.2, 0.25) is 0 Å². The highest BCUT2D eigenvalue weighted by Gasteiger charge is 2.60. The number of ketones is 1. The first-order valence-corrected chi connectivity index (χ1v) is 6.71. The molecule has 1 fully saturated rings. The van der Waals surface area contributed by atoms with Gasteiger partial charge in [0.1, 0.15) is 5.78 Å². The molecule has 0 N–H and O–H groups in total. The summed E-state index contributed by atoms with van der Waals surface area (Å²) in [6.07, 6.45) is -4.71. The highest BCUT2D eigenvalue weighted by Crippen LogP contribution is 2.48. The van der Waals surface area contributed by atoms with Gasteiger partial charge >= 0.3 is 6.18 Å². The van der Waals surface area contributed by atoms with Crippen molar-refractivity contribution in [2.24, 2.45) is 0 Å². The zero-order valence-electron chi connectivity index (χ0n) is 11.2. The molecule has 1 saturated heterocycles. The van der Waals surface area contributed by atoms with E-state index in [1.807, 2.05) is 6.92 Å². The molecule has 1 aromatic carbocycles. The molecule has 0 amide bonds. The topological polar surface area (TPSA) is 26.3 Å². The summed E-state index contributed by atoms with van der Waals surface area (Å²) >= 11 is 0. The fourth-order valence-electron chi connectivity index (χ4n) is 2.66. The molecular formula is C15H17F3O2. The van der Waals surface area contributed by atoms with Gasteiger partial charge in [-0.25, -0.2) is 0 Å². The van der Waals surface area contributed by atoms with Crippen LogP contribution in [0.1, 0.15) is 38.2 Å². The van der Waals surface area contributed by atoms with Crippen LogP contribution >= 0.6 is 0 Å². The number of hydrogen-bond acceptors (Lipinski definition) is 2. The Morgan fingerprint density at radius 2 is 1.95 bits per heavy atom. The van der Waals surface area contributed by atoms with E-state index in [1.54, 1.807) is 6.07 Å². The Morgan fingerprint density at radius 3 is 2.50 bits per heavy atom. The van der Waals surface area contributed by atoms with Crippen LogP contribution < -0.4 is 0 Å². The zero-order chi connectivity index (χ0) is 14.8. The number of hydrogen-bond donors (Lipinski definition) is 0.